The third kappa shape index (κ3) is 3.09. The fourth-order valence-corrected chi connectivity index (χ4v) is 2.55. The molecular formula is C16H22O3. The minimum atomic E-state index is -0.488. The Hall–Kier alpha value is -1.51. The number of fused-ring (bicyclic) bond motifs is 1. The largest absolute Gasteiger partial charge is 0.507 e. The minimum absolute atomic E-state index is 0.0381. The molecule has 1 aliphatic rings. The molecule has 104 valence electrons. The van der Waals surface area contributed by atoms with Crippen molar-refractivity contribution in [2.45, 2.75) is 58.5 Å². The molecule has 0 atom stereocenters. The summed E-state index contributed by atoms with van der Waals surface area (Å²) in [5, 5.41) is 10.0. The van der Waals surface area contributed by atoms with E-state index in [0.29, 0.717) is 17.7 Å². The minimum Gasteiger partial charge on any atom is -0.507 e. The average Bonchev–Trinajstić information content (AvgIpc) is 2.26. The van der Waals surface area contributed by atoms with Crippen molar-refractivity contribution < 1.29 is 14.6 Å². The summed E-state index contributed by atoms with van der Waals surface area (Å²) in [4.78, 5) is 12.1. The normalized spacial score (nSPS) is 16.9. The zero-order valence-electron chi connectivity index (χ0n) is 12.0. The molecule has 0 fully saturated rings. The molecule has 0 unspecified atom stereocenters. The number of unbranched alkanes of at least 4 members (excludes halogenated alkanes) is 2. The molecule has 0 amide bonds. The van der Waals surface area contributed by atoms with Gasteiger partial charge in [0.2, 0.25) is 0 Å². The Morgan fingerprint density at radius 3 is 2.74 bits per heavy atom. The zero-order chi connectivity index (χ0) is 14.0. The van der Waals surface area contributed by atoms with E-state index in [-0.39, 0.29) is 11.5 Å². The lowest BCUT2D eigenvalue weighted by Crippen LogP contribution is -2.36. The van der Waals surface area contributed by atoms with E-state index in [1.54, 1.807) is 6.07 Å². The quantitative estimate of drug-likeness (QED) is 0.838. The second-order valence-corrected chi connectivity index (χ2v) is 5.91. The lowest BCUT2D eigenvalue weighted by Gasteiger charge is -2.32. The Morgan fingerprint density at radius 2 is 2.05 bits per heavy atom. The van der Waals surface area contributed by atoms with E-state index < -0.39 is 5.60 Å². The van der Waals surface area contributed by atoms with Gasteiger partial charge in [0.1, 0.15) is 22.7 Å². The van der Waals surface area contributed by atoms with Gasteiger partial charge in [-0.05, 0) is 44.4 Å². The first-order valence-corrected chi connectivity index (χ1v) is 7.01. The topological polar surface area (TPSA) is 46.5 Å². The van der Waals surface area contributed by atoms with Crippen LogP contribution in [0.5, 0.6) is 11.5 Å². The molecule has 0 saturated carbocycles. The van der Waals surface area contributed by atoms with E-state index in [1.165, 1.54) is 12.8 Å². The second-order valence-electron chi connectivity index (χ2n) is 5.91. The van der Waals surface area contributed by atoms with Crippen molar-refractivity contribution in [2.75, 3.05) is 0 Å². The molecule has 1 heterocycles. The van der Waals surface area contributed by atoms with E-state index in [1.807, 2.05) is 19.9 Å². The van der Waals surface area contributed by atoms with E-state index in [0.717, 1.165) is 18.4 Å². The van der Waals surface area contributed by atoms with Gasteiger partial charge >= 0.3 is 0 Å². The summed E-state index contributed by atoms with van der Waals surface area (Å²) >= 11 is 0. The molecule has 2 rings (SSSR count). The molecule has 1 N–H and O–H groups in total. The Bertz CT molecular complexity index is 489. The van der Waals surface area contributed by atoms with Crippen molar-refractivity contribution in [1.29, 1.82) is 0 Å². The number of Topliss-reactive ketones (excluding diaryl/α,β-unsaturated/α-hetero) is 1. The van der Waals surface area contributed by atoms with Crippen molar-refractivity contribution in [2.24, 2.45) is 0 Å². The van der Waals surface area contributed by atoms with Crippen LogP contribution in [0.3, 0.4) is 0 Å². The van der Waals surface area contributed by atoms with Crippen LogP contribution in [0.25, 0.3) is 0 Å². The summed E-state index contributed by atoms with van der Waals surface area (Å²) in [6.45, 7) is 5.96. The first-order valence-electron chi connectivity index (χ1n) is 7.01. The van der Waals surface area contributed by atoms with Crippen LogP contribution >= 0.6 is 0 Å². The zero-order valence-corrected chi connectivity index (χ0v) is 12.0. The van der Waals surface area contributed by atoms with Gasteiger partial charge in [-0.15, -0.1) is 0 Å². The highest BCUT2D eigenvalue weighted by atomic mass is 16.5. The van der Waals surface area contributed by atoms with Crippen molar-refractivity contribution in [3.05, 3.63) is 23.3 Å². The predicted molar refractivity (Wildman–Crippen MR) is 75.0 cm³/mol. The SMILES string of the molecule is CCCCCc1cc(O)c2c(c1)OC(C)(C)CC2=O. The van der Waals surface area contributed by atoms with Gasteiger partial charge in [0, 0.05) is 0 Å². The van der Waals surface area contributed by atoms with Crippen molar-refractivity contribution in [3.8, 4) is 11.5 Å². The van der Waals surface area contributed by atoms with Gasteiger partial charge in [0.15, 0.2) is 5.78 Å². The first-order chi connectivity index (χ1) is 8.93. The van der Waals surface area contributed by atoms with Crippen LogP contribution in [-0.4, -0.2) is 16.5 Å². The van der Waals surface area contributed by atoms with Crippen molar-refractivity contribution >= 4 is 5.78 Å². The molecule has 0 bridgehead atoms. The number of carbonyl (C=O) groups is 1. The molecule has 0 saturated heterocycles. The molecule has 1 aromatic rings. The summed E-state index contributed by atoms with van der Waals surface area (Å²) in [5.41, 5.74) is 0.896. The molecule has 1 aromatic carbocycles. The van der Waals surface area contributed by atoms with Crippen LogP contribution in [0.1, 0.15) is 62.4 Å². The number of aryl methyl sites for hydroxylation is 1. The highest BCUT2D eigenvalue weighted by Gasteiger charge is 2.34. The molecule has 19 heavy (non-hydrogen) atoms. The number of ketones is 1. The summed E-state index contributed by atoms with van der Waals surface area (Å²) in [5.74, 6) is 0.557. The molecule has 1 aliphatic heterocycles. The number of aromatic hydroxyl groups is 1. The average molecular weight is 262 g/mol. The van der Waals surface area contributed by atoms with Crippen LogP contribution in [0, 0.1) is 0 Å². The van der Waals surface area contributed by atoms with E-state index in [9.17, 15) is 9.90 Å². The maximum absolute atomic E-state index is 12.1. The Balaban J connectivity index is 2.29. The smallest absolute Gasteiger partial charge is 0.174 e. The number of rotatable bonds is 4. The lowest BCUT2D eigenvalue weighted by molar-refractivity contribution is 0.0614. The lowest BCUT2D eigenvalue weighted by atomic mass is 9.91. The number of hydrogen-bond acceptors (Lipinski definition) is 3. The van der Waals surface area contributed by atoms with Gasteiger partial charge in [-0.2, -0.15) is 0 Å². The number of ether oxygens (including phenoxy) is 1. The summed E-state index contributed by atoms with van der Waals surface area (Å²) in [6, 6.07) is 3.61. The van der Waals surface area contributed by atoms with Crippen LogP contribution in [0.4, 0.5) is 0 Å². The molecule has 0 spiro atoms. The van der Waals surface area contributed by atoms with E-state index in [4.69, 9.17) is 4.74 Å². The summed E-state index contributed by atoms with van der Waals surface area (Å²) in [6.07, 6.45) is 4.64. The Morgan fingerprint density at radius 1 is 1.32 bits per heavy atom. The van der Waals surface area contributed by atoms with Crippen LogP contribution < -0.4 is 4.74 Å². The molecular weight excluding hydrogens is 240 g/mol. The second kappa shape index (κ2) is 5.24. The molecule has 3 nitrogen and oxygen atoms in total. The molecule has 0 aromatic heterocycles. The molecule has 3 heteroatoms. The number of phenolic OH excluding ortho intramolecular Hbond substituents is 1. The summed E-state index contributed by atoms with van der Waals surface area (Å²) in [7, 11) is 0. The fraction of sp³-hybridized carbons (Fsp3) is 0.562. The van der Waals surface area contributed by atoms with E-state index >= 15 is 0 Å². The van der Waals surface area contributed by atoms with Gasteiger partial charge in [-0.1, -0.05) is 19.8 Å². The predicted octanol–water partition coefficient (Wildman–Crippen LogP) is 3.87. The highest BCUT2D eigenvalue weighted by molar-refractivity contribution is 6.02. The number of hydrogen-bond donors (Lipinski definition) is 1. The van der Waals surface area contributed by atoms with Gasteiger partial charge < -0.3 is 9.84 Å². The van der Waals surface area contributed by atoms with Gasteiger partial charge in [0.25, 0.3) is 0 Å². The fourth-order valence-electron chi connectivity index (χ4n) is 2.55. The van der Waals surface area contributed by atoms with Crippen molar-refractivity contribution in [1.82, 2.24) is 0 Å². The Labute approximate surface area is 114 Å². The maximum Gasteiger partial charge on any atom is 0.174 e. The standard InChI is InChI=1S/C16H22O3/c1-4-5-6-7-11-8-12(17)15-13(18)10-16(2,3)19-14(15)9-11/h8-9,17H,4-7,10H2,1-3H3. The van der Waals surface area contributed by atoms with Crippen molar-refractivity contribution in [3.63, 3.8) is 0 Å². The van der Waals surface area contributed by atoms with Gasteiger partial charge in [-0.25, -0.2) is 0 Å². The summed E-state index contributed by atoms with van der Waals surface area (Å²) < 4.78 is 5.84. The first kappa shape index (κ1) is 13.9. The number of carbonyl (C=O) groups excluding carboxylic acids is 1. The van der Waals surface area contributed by atoms with Crippen LogP contribution in [-0.2, 0) is 6.42 Å². The molecule has 0 radical (unpaired) electrons. The van der Waals surface area contributed by atoms with Gasteiger partial charge in [0.05, 0.1) is 6.42 Å². The van der Waals surface area contributed by atoms with E-state index in [2.05, 4.69) is 6.92 Å². The van der Waals surface area contributed by atoms with Crippen LogP contribution in [0.2, 0.25) is 0 Å². The van der Waals surface area contributed by atoms with Gasteiger partial charge in [-0.3, -0.25) is 4.79 Å². The third-order valence-corrected chi connectivity index (χ3v) is 3.46. The number of benzene rings is 1. The molecule has 0 aliphatic carbocycles. The monoisotopic (exact) mass is 262 g/mol. The third-order valence-electron chi connectivity index (χ3n) is 3.46. The number of phenols is 1. The Kier molecular flexibility index (Phi) is 3.83. The van der Waals surface area contributed by atoms with Crippen LogP contribution in [0.15, 0.2) is 12.1 Å². The maximum atomic E-state index is 12.1. The highest BCUT2D eigenvalue weighted by Crippen LogP contribution is 2.39.